The molecule has 25 heavy (non-hydrogen) atoms. The van der Waals surface area contributed by atoms with Crippen LogP contribution in [0.2, 0.25) is 5.02 Å². The van der Waals surface area contributed by atoms with Gasteiger partial charge in [-0.05, 0) is 100 Å². The molecule has 5 rings (SSSR count). The molecule has 0 amide bonds. The van der Waals surface area contributed by atoms with Crippen molar-refractivity contribution in [1.29, 1.82) is 0 Å². The standard InChI is InChI=1S/C20H27ClINO2/c1-12-13(2)16-17(14(21)15(12)22)25-18(3,24-16)19-6-9-20(10-7-19,11-8-19)23(4)5/h6-11H2,1-5H3. The van der Waals surface area contributed by atoms with Gasteiger partial charge in [-0.1, -0.05) is 11.6 Å². The molecule has 138 valence electrons. The lowest BCUT2D eigenvalue weighted by atomic mass is 9.54. The predicted octanol–water partition coefficient (Wildman–Crippen LogP) is 5.70. The molecule has 1 atom stereocenters. The molecule has 1 aromatic carbocycles. The number of hydrogen-bond donors (Lipinski definition) is 0. The quantitative estimate of drug-likeness (QED) is 0.512. The molecule has 0 aromatic heterocycles. The van der Waals surface area contributed by atoms with E-state index in [0.29, 0.717) is 10.6 Å². The number of benzene rings is 1. The molecular formula is C20H27ClINO2. The summed E-state index contributed by atoms with van der Waals surface area (Å²) in [6.07, 6.45) is 7.14. The summed E-state index contributed by atoms with van der Waals surface area (Å²) in [6, 6.07) is 0. The van der Waals surface area contributed by atoms with E-state index in [0.717, 1.165) is 39.9 Å². The van der Waals surface area contributed by atoms with Gasteiger partial charge >= 0.3 is 0 Å². The van der Waals surface area contributed by atoms with E-state index < -0.39 is 5.79 Å². The van der Waals surface area contributed by atoms with Crippen LogP contribution >= 0.6 is 34.2 Å². The predicted molar refractivity (Wildman–Crippen MR) is 110 cm³/mol. The van der Waals surface area contributed by atoms with E-state index >= 15 is 0 Å². The Hall–Kier alpha value is -0.200. The molecule has 1 heterocycles. The number of fused-ring (bicyclic) bond motifs is 4. The topological polar surface area (TPSA) is 21.7 Å². The number of nitrogens with zero attached hydrogens (tertiary/aromatic N) is 1. The SMILES string of the molecule is Cc1c(C)c2c(c(Cl)c1I)OC(C)(C13CCC(N(C)C)(CC1)CC3)O2. The molecule has 1 unspecified atom stereocenters. The molecule has 4 aliphatic rings. The fourth-order valence-electron chi connectivity index (χ4n) is 5.23. The number of ether oxygens (including phenoxy) is 2. The Morgan fingerprint density at radius 2 is 1.44 bits per heavy atom. The van der Waals surface area contributed by atoms with E-state index in [4.69, 9.17) is 21.1 Å². The van der Waals surface area contributed by atoms with Gasteiger partial charge < -0.3 is 14.4 Å². The summed E-state index contributed by atoms with van der Waals surface area (Å²) in [7, 11) is 4.46. The van der Waals surface area contributed by atoms with Gasteiger partial charge in [-0.25, -0.2) is 0 Å². The molecule has 0 spiro atoms. The van der Waals surface area contributed by atoms with Crippen molar-refractivity contribution in [3.05, 3.63) is 19.7 Å². The van der Waals surface area contributed by atoms with Gasteiger partial charge in [0.25, 0.3) is 5.79 Å². The maximum atomic E-state index is 6.63. The zero-order chi connectivity index (χ0) is 18.2. The third-order valence-corrected chi connectivity index (χ3v) is 9.57. The Bertz CT molecular complexity index is 684. The first kappa shape index (κ1) is 18.2. The fourth-order valence-corrected chi connectivity index (χ4v) is 6.14. The van der Waals surface area contributed by atoms with E-state index in [2.05, 4.69) is 62.4 Å². The Balaban J connectivity index is 1.70. The monoisotopic (exact) mass is 475 g/mol. The minimum Gasteiger partial charge on any atom is -0.448 e. The maximum Gasteiger partial charge on any atom is 0.254 e. The Kier molecular flexibility index (Phi) is 4.11. The molecule has 3 fully saturated rings. The number of hydrogen-bond acceptors (Lipinski definition) is 3. The highest BCUT2D eigenvalue weighted by Gasteiger charge is 2.62. The van der Waals surface area contributed by atoms with Gasteiger partial charge in [0.05, 0.1) is 0 Å². The van der Waals surface area contributed by atoms with Crippen LogP contribution in [0.4, 0.5) is 0 Å². The van der Waals surface area contributed by atoms with Crippen molar-refractivity contribution in [1.82, 2.24) is 4.90 Å². The van der Waals surface area contributed by atoms with Crippen molar-refractivity contribution in [2.24, 2.45) is 5.41 Å². The minimum atomic E-state index is -0.612. The van der Waals surface area contributed by atoms with Gasteiger partial charge in [-0.15, -0.1) is 0 Å². The second kappa shape index (κ2) is 5.65. The lowest BCUT2D eigenvalue weighted by molar-refractivity contribution is -0.211. The molecular weight excluding hydrogens is 449 g/mol. The molecule has 2 bridgehead atoms. The number of halogens is 2. The normalized spacial score (nSPS) is 36.3. The molecule has 0 saturated heterocycles. The lowest BCUT2D eigenvalue weighted by Gasteiger charge is -2.59. The van der Waals surface area contributed by atoms with Gasteiger partial charge in [-0.2, -0.15) is 0 Å². The second-order valence-corrected chi connectivity index (χ2v) is 10.0. The first-order valence-corrected chi connectivity index (χ1v) is 10.6. The van der Waals surface area contributed by atoms with E-state index in [-0.39, 0.29) is 5.41 Å². The smallest absolute Gasteiger partial charge is 0.254 e. The van der Waals surface area contributed by atoms with Crippen molar-refractivity contribution < 1.29 is 9.47 Å². The highest BCUT2D eigenvalue weighted by molar-refractivity contribution is 14.1. The molecule has 1 aliphatic heterocycles. The average Bonchev–Trinajstić information content (AvgIpc) is 2.99. The first-order chi connectivity index (χ1) is 11.6. The van der Waals surface area contributed by atoms with E-state index in [1.165, 1.54) is 24.8 Å². The van der Waals surface area contributed by atoms with Gasteiger partial charge in [0, 0.05) is 21.4 Å². The Morgan fingerprint density at radius 3 is 1.96 bits per heavy atom. The van der Waals surface area contributed by atoms with Crippen LogP contribution in [0.25, 0.3) is 0 Å². The molecule has 1 aromatic rings. The maximum absolute atomic E-state index is 6.63. The third-order valence-electron chi connectivity index (χ3n) is 7.54. The highest BCUT2D eigenvalue weighted by atomic mass is 127. The van der Waals surface area contributed by atoms with Crippen molar-refractivity contribution >= 4 is 34.2 Å². The highest BCUT2D eigenvalue weighted by Crippen LogP contribution is 2.63. The Morgan fingerprint density at radius 1 is 0.920 bits per heavy atom. The van der Waals surface area contributed by atoms with Gasteiger partial charge in [0.15, 0.2) is 11.5 Å². The summed E-state index contributed by atoms with van der Waals surface area (Å²) >= 11 is 8.94. The van der Waals surface area contributed by atoms with Crippen molar-refractivity contribution in [2.45, 2.75) is 70.6 Å². The molecule has 5 heteroatoms. The average molecular weight is 476 g/mol. The van der Waals surface area contributed by atoms with Crippen LogP contribution in [-0.4, -0.2) is 30.3 Å². The van der Waals surface area contributed by atoms with E-state index in [9.17, 15) is 0 Å². The summed E-state index contributed by atoms with van der Waals surface area (Å²) < 4.78 is 14.2. The fraction of sp³-hybridized carbons (Fsp3) is 0.700. The van der Waals surface area contributed by atoms with Crippen molar-refractivity contribution in [3.8, 4) is 11.5 Å². The van der Waals surface area contributed by atoms with Crippen LogP contribution in [0.15, 0.2) is 0 Å². The summed E-state index contributed by atoms with van der Waals surface area (Å²) in [5.41, 5.74) is 2.80. The van der Waals surface area contributed by atoms with Crippen LogP contribution in [0, 0.1) is 22.8 Å². The van der Waals surface area contributed by atoms with Crippen LogP contribution in [-0.2, 0) is 0 Å². The number of rotatable bonds is 2. The third kappa shape index (κ3) is 2.32. The van der Waals surface area contributed by atoms with Gasteiger partial charge in [0.1, 0.15) is 5.02 Å². The summed E-state index contributed by atoms with van der Waals surface area (Å²) in [6.45, 7) is 6.35. The summed E-state index contributed by atoms with van der Waals surface area (Å²) in [5, 5.41) is 0.702. The van der Waals surface area contributed by atoms with Crippen LogP contribution in [0.5, 0.6) is 11.5 Å². The molecule has 0 N–H and O–H groups in total. The molecule has 3 aliphatic carbocycles. The Labute approximate surface area is 169 Å². The largest absolute Gasteiger partial charge is 0.448 e. The summed E-state index contributed by atoms with van der Waals surface area (Å²) in [5.74, 6) is 0.996. The lowest BCUT2D eigenvalue weighted by Crippen LogP contribution is -2.62. The van der Waals surface area contributed by atoms with Crippen LogP contribution in [0.1, 0.15) is 56.6 Å². The van der Waals surface area contributed by atoms with Gasteiger partial charge in [-0.3, -0.25) is 0 Å². The van der Waals surface area contributed by atoms with E-state index in [1.807, 2.05) is 0 Å². The molecule has 3 nitrogen and oxygen atoms in total. The van der Waals surface area contributed by atoms with Crippen molar-refractivity contribution in [2.75, 3.05) is 14.1 Å². The van der Waals surface area contributed by atoms with Crippen LogP contribution < -0.4 is 9.47 Å². The first-order valence-electron chi connectivity index (χ1n) is 9.18. The second-order valence-electron chi connectivity index (χ2n) is 8.59. The zero-order valence-electron chi connectivity index (χ0n) is 15.8. The zero-order valence-corrected chi connectivity index (χ0v) is 18.7. The summed E-state index contributed by atoms with van der Waals surface area (Å²) in [4.78, 5) is 2.44. The molecule has 0 radical (unpaired) electrons. The van der Waals surface area contributed by atoms with E-state index in [1.54, 1.807) is 0 Å². The molecule has 3 saturated carbocycles. The van der Waals surface area contributed by atoms with Gasteiger partial charge in [0.2, 0.25) is 0 Å². The van der Waals surface area contributed by atoms with Crippen LogP contribution in [0.3, 0.4) is 0 Å². The van der Waals surface area contributed by atoms with Crippen molar-refractivity contribution in [3.63, 3.8) is 0 Å². The minimum absolute atomic E-state index is 0.0822.